The first-order valence-corrected chi connectivity index (χ1v) is 9.05. The van der Waals surface area contributed by atoms with Gasteiger partial charge in [0.2, 0.25) is 0 Å². The lowest BCUT2D eigenvalue weighted by Gasteiger charge is -2.12. The predicted octanol–water partition coefficient (Wildman–Crippen LogP) is 2.64. The molecule has 0 spiro atoms. The van der Waals surface area contributed by atoms with E-state index in [1.807, 2.05) is 36.4 Å². The van der Waals surface area contributed by atoms with Crippen LogP contribution in [0.15, 0.2) is 36.4 Å². The maximum absolute atomic E-state index is 5.41. The lowest BCUT2D eigenvalue weighted by Crippen LogP contribution is -2.28. The highest BCUT2D eigenvalue weighted by molar-refractivity contribution is 5.43. The third-order valence-corrected chi connectivity index (χ3v) is 4.31. The second kappa shape index (κ2) is 11.3. The maximum Gasteiger partial charge on any atom is 0.161 e. The van der Waals surface area contributed by atoms with Crippen LogP contribution < -0.4 is 29.6 Å². The minimum atomic E-state index is 0.746. The van der Waals surface area contributed by atoms with Crippen molar-refractivity contribution in [2.24, 2.45) is 0 Å². The van der Waals surface area contributed by atoms with Crippen molar-refractivity contribution < 1.29 is 18.9 Å². The summed E-state index contributed by atoms with van der Waals surface area (Å²) < 4.78 is 21.3. The number of rotatable bonds is 12. The highest BCUT2D eigenvalue weighted by Crippen LogP contribution is 2.27. The standard InChI is InChI=1S/C21H30N2O4/c1-24-18-6-8-19(25-2)17(14-18)9-10-22-11-12-23-15-16-5-7-20(26-3)21(13-16)27-4/h5-8,13-14,22-23H,9-12,15H2,1-4H3. The zero-order valence-electron chi connectivity index (χ0n) is 16.6. The van der Waals surface area contributed by atoms with E-state index in [0.717, 1.165) is 66.7 Å². The summed E-state index contributed by atoms with van der Waals surface area (Å²) in [5.41, 5.74) is 2.30. The molecule has 0 aliphatic rings. The normalized spacial score (nSPS) is 10.5. The molecule has 0 aromatic heterocycles. The summed E-state index contributed by atoms with van der Waals surface area (Å²) in [7, 11) is 6.66. The van der Waals surface area contributed by atoms with E-state index in [-0.39, 0.29) is 0 Å². The van der Waals surface area contributed by atoms with Gasteiger partial charge in [0.15, 0.2) is 11.5 Å². The first kappa shape index (κ1) is 20.9. The molecular weight excluding hydrogens is 344 g/mol. The molecule has 0 amide bonds. The van der Waals surface area contributed by atoms with Gasteiger partial charge in [0.05, 0.1) is 28.4 Å². The summed E-state index contributed by atoms with van der Waals surface area (Å²) in [6, 6.07) is 11.8. The van der Waals surface area contributed by atoms with E-state index in [2.05, 4.69) is 10.6 Å². The zero-order valence-corrected chi connectivity index (χ0v) is 16.6. The van der Waals surface area contributed by atoms with Gasteiger partial charge >= 0.3 is 0 Å². The molecule has 27 heavy (non-hydrogen) atoms. The summed E-state index contributed by atoms with van der Waals surface area (Å²) in [6.45, 7) is 3.43. The Kier molecular flexibility index (Phi) is 8.74. The van der Waals surface area contributed by atoms with E-state index in [4.69, 9.17) is 18.9 Å². The Morgan fingerprint density at radius 1 is 0.667 bits per heavy atom. The monoisotopic (exact) mass is 374 g/mol. The van der Waals surface area contributed by atoms with Crippen molar-refractivity contribution in [2.45, 2.75) is 13.0 Å². The van der Waals surface area contributed by atoms with Crippen LogP contribution in [0, 0.1) is 0 Å². The molecule has 0 bridgehead atoms. The van der Waals surface area contributed by atoms with Gasteiger partial charge in [-0.2, -0.15) is 0 Å². The molecule has 0 aliphatic carbocycles. The molecule has 0 heterocycles. The van der Waals surface area contributed by atoms with Gasteiger partial charge in [0.1, 0.15) is 11.5 Å². The fourth-order valence-corrected chi connectivity index (χ4v) is 2.83. The quantitative estimate of drug-likeness (QED) is 0.557. The van der Waals surface area contributed by atoms with Crippen LogP contribution in [-0.2, 0) is 13.0 Å². The van der Waals surface area contributed by atoms with Gasteiger partial charge in [0.25, 0.3) is 0 Å². The first-order valence-electron chi connectivity index (χ1n) is 9.05. The number of hydrogen-bond donors (Lipinski definition) is 2. The van der Waals surface area contributed by atoms with E-state index >= 15 is 0 Å². The fraction of sp³-hybridized carbons (Fsp3) is 0.429. The topological polar surface area (TPSA) is 61.0 Å². The summed E-state index contributed by atoms with van der Waals surface area (Å²) in [6.07, 6.45) is 0.885. The third-order valence-electron chi connectivity index (χ3n) is 4.31. The minimum absolute atomic E-state index is 0.746. The van der Waals surface area contributed by atoms with Crippen molar-refractivity contribution in [3.63, 3.8) is 0 Å². The van der Waals surface area contributed by atoms with Gasteiger partial charge in [-0.25, -0.2) is 0 Å². The summed E-state index contributed by atoms with van der Waals surface area (Å²) >= 11 is 0. The molecule has 2 aromatic rings. The van der Waals surface area contributed by atoms with Crippen LogP contribution in [-0.4, -0.2) is 48.1 Å². The zero-order chi connectivity index (χ0) is 19.5. The third kappa shape index (κ3) is 6.34. The molecule has 0 aliphatic heterocycles. The SMILES string of the molecule is COc1ccc(OC)c(CCNCCNCc2ccc(OC)c(OC)c2)c1. The van der Waals surface area contributed by atoms with Crippen LogP contribution in [0.5, 0.6) is 23.0 Å². The van der Waals surface area contributed by atoms with E-state index in [1.165, 1.54) is 0 Å². The van der Waals surface area contributed by atoms with E-state index in [1.54, 1.807) is 28.4 Å². The van der Waals surface area contributed by atoms with Crippen molar-refractivity contribution in [3.05, 3.63) is 47.5 Å². The average Bonchev–Trinajstić information content (AvgIpc) is 2.72. The summed E-state index contributed by atoms with van der Waals surface area (Å²) in [4.78, 5) is 0. The highest BCUT2D eigenvalue weighted by Gasteiger charge is 2.05. The molecule has 148 valence electrons. The van der Waals surface area contributed by atoms with Gasteiger partial charge in [-0.3, -0.25) is 0 Å². The number of methoxy groups -OCH3 is 4. The molecule has 2 rings (SSSR count). The van der Waals surface area contributed by atoms with Crippen LogP contribution in [0.2, 0.25) is 0 Å². The van der Waals surface area contributed by atoms with Gasteiger partial charge in [-0.15, -0.1) is 0 Å². The van der Waals surface area contributed by atoms with Crippen molar-refractivity contribution in [2.75, 3.05) is 48.1 Å². The molecule has 0 radical (unpaired) electrons. The van der Waals surface area contributed by atoms with Crippen molar-refractivity contribution in [3.8, 4) is 23.0 Å². The average molecular weight is 374 g/mol. The van der Waals surface area contributed by atoms with E-state index in [0.29, 0.717) is 0 Å². The Balaban J connectivity index is 1.68. The second-order valence-electron chi connectivity index (χ2n) is 6.04. The molecule has 0 atom stereocenters. The van der Waals surface area contributed by atoms with Crippen LogP contribution >= 0.6 is 0 Å². The van der Waals surface area contributed by atoms with Crippen LogP contribution in [0.25, 0.3) is 0 Å². The lowest BCUT2D eigenvalue weighted by atomic mass is 10.1. The Labute approximate surface area is 161 Å². The van der Waals surface area contributed by atoms with Gasteiger partial charge < -0.3 is 29.6 Å². The summed E-state index contributed by atoms with van der Waals surface area (Å²) in [5.74, 6) is 3.24. The molecule has 0 unspecified atom stereocenters. The molecule has 0 fully saturated rings. The molecular formula is C21H30N2O4. The van der Waals surface area contributed by atoms with Crippen LogP contribution in [0.3, 0.4) is 0 Å². The maximum atomic E-state index is 5.41. The predicted molar refractivity (Wildman–Crippen MR) is 107 cm³/mol. The van der Waals surface area contributed by atoms with E-state index < -0.39 is 0 Å². The Morgan fingerprint density at radius 2 is 1.37 bits per heavy atom. The number of benzene rings is 2. The van der Waals surface area contributed by atoms with Gasteiger partial charge in [-0.1, -0.05) is 6.07 Å². The second-order valence-corrected chi connectivity index (χ2v) is 6.04. The molecule has 6 heteroatoms. The van der Waals surface area contributed by atoms with Gasteiger partial charge in [0, 0.05) is 19.6 Å². The number of hydrogen-bond acceptors (Lipinski definition) is 6. The smallest absolute Gasteiger partial charge is 0.161 e. The number of ether oxygens (including phenoxy) is 4. The van der Waals surface area contributed by atoms with Crippen LogP contribution in [0.1, 0.15) is 11.1 Å². The largest absolute Gasteiger partial charge is 0.497 e. The summed E-state index contributed by atoms with van der Waals surface area (Å²) in [5, 5.41) is 6.87. The molecule has 2 aromatic carbocycles. The first-order chi connectivity index (χ1) is 13.2. The molecule has 0 saturated carbocycles. The Hall–Kier alpha value is -2.44. The molecule has 2 N–H and O–H groups in total. The molecule has 6 nitrogen and oxygen atoms in total. The van der Waals surface area contributed by atoms with Crippen molar-refractivity contribution >= 4 is 0 Å². The van der Waals surface area contributed by atoms with Crippen LogP contribution in [0.4, 0.5) is 0 Å². The van der Waals surface area contributed by atoms with Crippen molar-refractivity contribution in [1.82, 2.24) is 10.6 Å². The van der Waals surface area contributed by atoms with E-state index in [9.17, 15) is 0 Å². The fourth-order valence-electron chi connectivity index (χ4n) is 2.83. The Morgan fingerprint density at radius 3 is 2.07 bits per heavy atom. The van der Waals surface area contributed by atoms with Crippen molar-refractivity contribution in [1.29, 1.82) is 0 Å². The molecule has 0 saturated heterocycles. The Bertz CT molecular complexity index is 707. The number of nitrogens with one attached hydrogen (secondary N) is 2. The highest BCUT2D eigenvalue weighted by atomic mass is 16.5. The van der Waals surface area contributed by atoms with Gasteiger partial charge in [-0.05, 0) is 54.4 Å². The minimum Gasteiger partial charge on any atom is -0.497 e. The lowest BCUT2D eigenvalue weighted by molar-refractivity contribution is 0.354.